The van der Waals surface area contributed by atoms with Gasteiger partial charge in [-0.05, 0) is 30.7 Å². The third-order valence-corrected chi connectivity index (χ3v) is 3.74. The molecule has 0 heterocycles. The molecule has 5 heteroatoms. The molecule has 0 bridgehead atoms. The van der Waals surface area contributed by atoms with E-state index in [0.29, 0.717) is 4.90 Å². The minimum atomic E-state index is -1.63. The average Bonchev–Trinajstić information content (AvgIpc) is 2.19. The van der Waals surface area contributed by atoms with E-state index in [1.165, 1.54) is 24.3 Å². The second-order valence-corrected chi connectivity index (χ2v) is 4.62. The first kappa shape index (κ1) is 11.8. The summed E-state index contributed by atoms with van der Waals surface area (Å²) in [6.45, 7) is 1.65. The van der Waals surface area contributed by atoms with E-state index in [4.69, 9.17) is 5.11 Å². The minimum absolute atomic E-state index is 0.277. The zero-order valence-electron chi connectivity index (χ0n) is 8.14. The van der Waals surface area contributed by atoms with Crippen LogP contribution in [-0.4, -0.2) is 20.5 Å². The van der Waals surface area contributed by atoms with Gasteiger partial charge in [0.1, 0.15) is 11.1 Å². The maximum Gasteiger partial charge on any atom is 0.319 e. The van der Waals surface area contributed by atoms with E-state index in [2.05, 4.69) is 0 Å². The summed E-state index contributed by atoms with van der Waals surface area (Å²) < 4.78 is 24.3. The first-order valence-electron chi connectivity index (χ1n) is 4.45. The van der Waals surface area contributed by atoms with Gasteiger partial charge in [0.05, 0.1) is 10.8 Å². The summed E-state index contributed by atoms with van der Waals surface area (Å²) >= 11 is 0. The molecule has 0 saturated carbocycles. The second kappa shape index (κ2) is 5.02. The largest absolute Gasteiger partial charge is 0.480 e. The first-order chi connectivity index (χ1) is 7.06. The maximum atomic E-state index is 12.6. The van der Waals surface area contributed by atoms with Crippen molar-refractivity contribution in [3.63, 3.8) is 0 Å². The van der Waals surface area contributed by atoms with Gasteiger partial charge in [-0.25, -0.2) is 4.39 Å². The summed E-state index contributed by atoms with van der Waals surface area (Å²) in [4.78, 5) is 11.1. The first-order valence-corrected chi connectivity index (χ1v) is 5.66. The Labute approximate surface area is 89.4 Å². The Morgan fingerprint density at radius 1 is 1.47 bits per heavy atom. The smallest absolute Gasteiger partial charge is 0.319 e. The van der Waals surface area contributed by atoms with Crippen molar-refractivity contribution in [2.24, 2.45) is 0 Å². The van der Waals surface area contributed by atoms with Crippen molar-refractivity contribution in [3.05, 3.63) is 30.1 Å². The van der Waals surface area contributed by atoms with Crippen molar-refractivity contribution in [1.82, 2.24) is 0 Å². The second-order valence-electron chi connectivity index (χ2n) is 2.99. The lowest BCUT2D eigenvalue weighted by molar-refractivity contribution is -0.136. The molecular formula is C10H11FO3S. The van der Waals surface area contributed by atoms with E-state index in [0.717, 1.165) is 0 Å². The summed E-state index contributed by atoms with van der Waals surface area (Å²) in [6.07, 6.45) is 0.277. The number of aliphatic carboxylic acids is 1. The molecule has 2 atom stereocenters. The lowest BCUT2D eigenvalue weighted by Gasteiger charge is -2.09. The van der Waals surface area contributed by atoms with Crippen molar-refractivity contribution in [3.8, 4) is 0 Å². The van der Waals surface area contributed by atoms with Crippen LogP contribution in [0.4, 0.5) is 4.39 Å². The highest BCUT2D eigenvalue weighted by Crippen LogP contribution is 2.14. The number of hydrogen-bond donors (Lipinski definition) is 1. The topological polar surface area (TPSA) is 54.4 Å². The van der Waals surface area contributed by atoms with E-state index in [-0.39, 0.29) is 6.42 Å². The summed E-state index contributed by atoms with van der Waals surface area (Å²) in [6, 6.07) is 5.03. The van der Waals surface area contributed by atoms with Crippen LogP contribution < -0.4 is 0 Å². The highest BCUT2D eigenvalue weighted by Gasteiger charge is 2.23. The van der Waals surface area contributed by atoms with Crippen molar-refractivity contribution < 1.29 is 18.5 Å². The summed E-state index contributed by atoms with van der Waals surface area (Å²) in [5, 5.41) is 7.86. The van der Waals surface area contributed by atoms with Gasteiger partial charge in [-0.15, -0.1) is 0 Å². The van der Waals surface area contributed by atoms with Crippen molar-refractivity contribution >= 4 is 16.8 Å². The van der Waals surface area contributed by atoms with Crippen molar-refractivity contribution in [2.45, 2.75) is 23.5 Å². The molecule has 0 saturated heterocycles. The Balaban J connectivity index is 2.93. The Bertz CT molecular complexity index is 375. The number of benzene rings is 1. The lowest BCUT2D eigenvalue weighted by Crippen LogP contribution is -2.24. The van der Waals surface area contributed by atoms with Crippen LogP contribution in [0.5, 0.6) is 0 Å². The zero-order valence-corrected chi connectivity index (χ0v) is 8.96. The third kappa shape index (κ3) is 2.86. The van der Waals surface area contributed by atoms with Crippen LogP contribution in [0.15, 0.2) is 29.2 Å². The summed E-state index contributed by atoms with van der Waals surface area (Å²) in [7, 11) is -1.63. The summed E-state index contributed by atoms with van der Waals surface area (Å²) in [5.74, 6) is -1.53. The van der Waals surface area contributed by atoms with Crippen LogP contribution in [-0.2, 0) is 15.6 Å². The van der Waals surface area contributed by atoms with Gasteiger partial charge in [0, 0.05) is 4.90 Å². The molecule has 0 aliphatic heterocycles. The quantitative estimate of drug-likeness (QED) is 0.858. The number of carbonyl (C=O) groups is 1. The summed E-state index contributed by atoms with van der Waals surface area (Å²) in [5.41, 5.74) is 0. The Morgan fingerprint density at radius 3 is 2.40 bits per heavy atom. The fourth-order valence-electron chi connectivity index (χ4n) is 1.15. The van der Waals surface area contributed by atoms with Crippen LogP contribution in [0.3, 0.4) is 0 Å². The molecule has 1 aromatic carbocycles. The van der Waals surface area contributed by atoms with Crippen LogP contribution in [0.25, 0.3) is 0 Å². The third-order valence-electron chi connectivity index (χ3n) is 1.95. The van der Waals surface area contributed by atoms with Crippen LogP contribution in [0.2, 0.25) is 0 Å². The molecule has 0 amide bonds. The fraction of sp³-hybridized carbons (Fsp3) is 0.300. The molecule has 82 valence electrons. The number of hydrogen-bond acceptors (Lipinski definition) is 2. The molecule has 0 aliphatic rings. The van der Waals surface area contributed by atoms with E-state index in [1.54, 1.807) is 6.92 Å². The van der Waals surface area contributed by atoms with Gasteiger partial charge in [0.15, 0.2) is 0 Å². The Kier molecular flexibility index (Phi) is 3.96. The normalized spacial score (nSPS) is 14.5. The molecule has 15 heavy (non-hydrogen) atoms. The number of carboxylic acids is 1. The molecule has 0 aliphatic carbocycles. The number of carboxylic acid groups (broad SMARTS) is 1. The highest BCUT2D eigenvalue weighted by molar-refractivity contribution is 7.86. The molecule has 0 aromatic heterocycles. The van der Waals surface area contributed by atoms with Crippen molar-refractivity contribution in [2.75, 3.05) is 0 Å². The van der Waals surface area contributed by atoms with E-state index in [1.807, 2.05) is 0 Å². The van der Waals surface area contributed by atoms with Gasteiger partial charge in [0.2, 0.25) is 0 Å². The van der Waals surface area contributed by atoms with Gasteiger partial charge in [-0.2, -0.15) is 0 Å². The average molecular weight is 230 g/mol. The van der Waals surface area contributed by atoms with E-state index in [9.17, 15) is 13.4 Å². The zero-order chi connectivity index (χ0) is 11.4. The van der Waals surface area contributed by atoms with E-state index >= 15 is 0 Å². The Hall–Kier alpha value is -1.23. The monoisotopic (exact) mass is 230 g/mol. The van der Waals surface area contributed by atoms with Gasteiger partial charge < -0.3 is 5.11 Å². The molecule has 1 N–H and O–H groups in total. The van der Waals surface area contributed by atoms with Crippen LogP contribution in [0.1, 0.15) is 13.3 Å². The standard InChI is InChI=1S/C10H11FO3S/c1-2-9(10(12)13)15(14)8-5-3-7(11)4-6-8/h3-6,9H,2H2,1H3,(H,12,13). The van der Waals surface area contributed by atoms with E-state index < -0.39 is 27.8 Å². The van der Waals surface area contributed by atoms with Gasteiger partial charge in [0.25, 0.3) is 0 Å². The number of halogens is 1. The minimum Gasteiger partial charge on any atom is -0.480 e. The molecule has 1 rings (SSSR count). The lowest BCUT2D eigenvalue weighted by atomic mass is 10.3. The van der Waals surface area contributed by atoms with Crippen LogP contribution >= 0.6 is 0 Å². The molecule has 2 unspecified atom stereocenters. The molecule has 3 nitrogen and oxygen atoms in total. The predicted octanol–water partition coefficient (Wildman–Crippen LogP) is 1.80. The van der Waals surface area contributed by atoms with Crippen LogP contribution in [0, 0.1) is 5.82 Å². The molecule has 0 radical (unpaired) electrons. The fourth-order valence-corrected chi connectivity index (χ4v) is 2.37. The highest BCUT2D eigenvalue weighted by atomic mass is 32.2. The maximum absolute atomic E-state index is 12.6. The molecule has 0 spiro atoms. The number of rotatable bonds is 4. The van der Waals surface area contributed by atoms with Gasteiger partial charge in [-0.3, -0.25) is 9.00 Å². The van der Waals surface area contributed by atoms with Gasteiger partial charge >= 0.3 is 5.97 Å². The SMILES string of the molecule is CCC(C(=O)O)S(=O)c1ccc(F)cc1. The predicted molar refractivity (Wildman–Crippen MR) is 54.5 cm³/mol. The molecule has 1 aromatic rings. The van der Waals surface area contributed by atoms with Crippen molar-refractivity contribution in [1.29, 1.82) is 0 Å². The molecule has 0 fully saturated rings. The van der Waals surface area contributed by atoms with Gasteiger partial charge in [-0.1, -0.05) is 6.92 Å². The Morgan fingerprint density at radius 2 is 2.00 bits per heavy atom. The molecular weight excluding hydrogens is 219 g/mol.